The van der Waals surface area contributed by atoms with Gasteiger partial charge in [0.15, 0.2) is 0 Å². The number of likely N-dealkylation sites (tertiary alicyclic amines) is 1. The second-order valence-electron chi connectivity index (χ2n) is 6.65. The van der Waals surface area contributed by atoms with Crippen LogP contribution in [0.25, 0.3) is 0 Å². The molecule has 0 aliphatic carbocycles. The Hall–Kier alpha value is -1.88. The highest BCUT2D eigenvalue weighted by Gasteiger charge is 2.17. The molecule has 5 heteroatoms. The molecule has 1 aliphatic heterocycles. The van der Waals surface area contributed by atoms with Crippen LogP contribution in [-0.2, 0) is 16.1 Å². The number of likely N-dealkylation sites (N-methyl/N-ethyl adjacent to an activating group) is 1. The lowest BCUT2D eigenvalue weighted by atomic mass is 10.1. The first-order valence-electron chi connectivity index (χ1n) is 8.83. The minimum atomic E-state index is 0.0662. The molecule has 0 bridgehead atoms. The van der Waals surface area contributed by atoms with E-state index < -0.39 is 0 Å². The van der Waals surface area contributed by atoms with E-state index in [-0.39, 0.29) is 11.8 Å². The summed E-state index contributed by atoms with van der Waals surface area (Å²) in [5.74, 6) is 0.335. The lowest BCUT2D eigenvalue weighted by molar-refractivity contribution is -0.133. The normalized spacial score (nSPS) is 15.0. The molecule has 1 heterocycles. The standard InChI is InChI=1S/C19H29N3O2/c1-16-6-8-17(9-7-16)15-20-18(23)10-12-21(2)13-14-22-11-4-3-5-19(22)24/h6-9H,3-5,10-15H2,1-2H3,(H,20,23). The van der Waals surface area contributed by atoms with E-state index in [4.69, 9.17) is 0 Å². The number of hydrogen-bond acceptors (Lipinski definition) is 3. The largest absolute Gasteiger partial charge is 0.352 e. The first-order chi connectivity index (χ1) is 11.5. The molecule has 132 valence electrons. The fraction of sp³-hybridized carbons (Fsp3) is 0.579. The molecule has 1 saturated heterocycles. The van der Waals surface area contributed by atoms with Crippen molar-refractivity contribution in [2.24, 2.45) is 0 Å². The maximum Gasteiger partial charge on any atom is 0.222 e. The van der Waals surface area contributed by atoms with Crippen LogP contribution >= 0.6 is 0 Å². The summed E-state index contributed by atoms with van der Waals surface area (Å²) in [6.07, 6.45) is 3.30. The van der Waals surface area contributed by atoms with Gasteiger partial charge in [-0.2, -0.15) is 0 Å². The highest BCUT2D eigenvalue weighted by molar-refractivity contribution is 5.77. The Morgan fingerprint density at radius 3 is 2.67 bits per heavy atom. The van der Waals surface area contributed by atoms with Crippen molar-refractivity contribution >= 4 is 11.8 Å². The molecule has 2 rings (SSSR count). The first-order valence-corrected chi connectivity index (χ1v) is 8.83. The SMILES string of the molecule is Cc1ccc(CNC(=O)CCN(C)CCN2CCCCC2=O)cc1. The van der Waals surface area contributed by atoms with Crippen molar-refractivity contribution in [1.29, 1.82) is 0 Å². The molecular weight excluding hydrogens is 302 g/mol. The highest BCUT2D eigenvalue weighted by Crippen LogP contribution is 2.10. The minimum absolute atomic E-state index is 0.0662. The number of hydrogen-bond donors (Lipinski definition) is 1. The van der Waals surface area contributed by atoms with Gasteiger partial charge in [0.2, 0.25) is 11.8 Å². The summed E-state index contributed by atoms with van der Waals surface area (Å²) in [5.41, 5.74) is 2.34. The molecule has 0 saturated carbocycles. The lowest BCUT2D eigenvalue weighted by Crippen LogP contribution is -2.40. The fourth-order valence-corrected chi connectivity index (χ4v) is 2.79. The van der Waals surface area contributed by atoms with Crippen LogP contribution in [0.1, 0.15) is 36.8 Å². The van der Waals surface area contributed by atoms with Crippen LogP contribution < -0.4 is 5.32 Å². The summed E-state index contributed by atoms with van der Waals surface area (Å²) < 4.78 is 0. The molecule has 0 atom stereocenters. The van der Waals surface area contributed by atoms with E-state index >= 15 is 0 Å². The first kappa shape index (κ1) is 18.5. The smallest absolute Gasteiger partial charge is 0.222 e. The molecular formula is C19H29N3O2. The monoisotopic (exact) mass is 331 g/mol. The van der Waals surface area contributed by atoms with E-state index in [9.17, 15) is 9.59 Å². The zero-order valence-electron chi connectivity index (χ0n) is 14.9. The third-order valence-electron chi connectivity index (χ3n) is 4.50. The van der Waals surface area contributed by atoms with Crippen molar-refractivity contribution in [3.63, 3.8) is 0 Å². The van der Waals surface area contributed by atoms with Crippen LogP contribution in [0.15, 0.2) is 24.3 Å². The van der Waals surface area contributed by atoms with E-state index in [0.29, 0.717) is 25.9 Å². The average molecular weight is 331 g/mol. The summed E-state index contributed by atoms with van der Waals surface area (Å²) in [6, 6.07) is 8.18. The number of amides is 2. The predicted octanol–water partition coefficient (Wildman–Crippen LogP) is 1.95. The van der Waals surface area contributed by atoms with Crippen LogP contribution in [0.3, 0.4) is 0 Å². The van der Waals surface area contributed by atoms with Gasteiger partial charge in [-0.25, -0.2) is 0 Å². The molecule has 1 N–H and O–H groups in total. The van der Waals surface area contributed by atoms with Gasteiger partial charge in [0, 0.05) is 45.6 Å². The van der Waals surface area contributed by atoms with Crippen molar-refractivity contribution in [1.82, 2.24) is 15.1 Å². The average Bonchev–Trinajstić information content (AvgIpc) is 2.58. The van der Waals surface area contributed by atoms with Crippen molar-refractivity contribution in [2.45, 2.75) is 39.2 Å². The molecule has 1 aliphatic rings. The summed E-state index contributed by atoms with van der Waals surface area (Å²) in [6.45, 7) is 5.80. The topological polar surface area (TPSA) is 52.7 Å². The van der Waals surface area contributed by atoms with Crippen LogP contribution in [0.5, 0.6) is 0 Å². The number of aryl methyl sites for hydroxylation is 1. The summed E-state index contributed by atoms with van der Waals surface area (Å²) >= 11 is 0. The Morgan fingerprint density at radius 1 is 1.21 bits per heavy atom. The summed E-state index contributed by atoms with van der Waals surface area (Å²) in [7, 11) is 2.00. The van der Waals surface area contributed by atoms with Gasteiger partial charge in [-0.15, -0.1) is 0 Å². The second-order valence-corrected chi connectivity index (χ2v) is 6.65. The molecule has 5 nitrogen and oxygen atoms in total. The predicted molar refractivity (Wildman–Crippen MR) is 95.6 cm³/mol. The Bertz CT molecular complexity index is 542. The molecule has 0 radical (unpaired) electrons. The van der Waals surface area contributed by atoms with Crippen molar-refractivity contribution in [2.75, 3.05) is 33.2 Å². The van der Waals surface area contributed by atoms with E-state index in [1.165, 1.54) is 5.56 Å². The molecule has 0 aromatic heterocycles. The molecule has 24 heavy (non-hydrogen) atoms. The van der Waals surface area contributed by atoms with Crippen LogP contribution in [-0.4, -0.2) is 54.8 Å². The Labute approximate surface area is 145 Å². The van der Waals surface area contributed by atoms with E-state index in [1.54, 1.807) is 0 Å². The maximum absolute atomic E-state index is 11.9. The molecule has 2 amide bonds. The second kappa shape index (κ2) is 9.42. The molecule has 0 unspecified atom stereocenters. The maximum atomic E-state index is 11.9. The molecule has 1 aromatic carbocycles. The number of piperidine rings is 1. The van der Waals surface area contributed by atoms with Crippen molar-refractivity contribution in [3.05, 3.63) is 35.4 Å². The molecule has 1 fully saturated rings. The number of rotatable bonds is 8. The molecule has 0 spiro atoms. The minimum Gasteiger partial charge on any atom is -0.352 e. The van der Waals surface area contributed by atoms with Crippen LogP contribution in [0.2, 0.25) is 0 Å². The van der Waals surface area contributed by atoms with Gasteiger partial charge in [0.25, 0.3) is 0 Å². The van der Waals surface area contributed by atoms with Gasteiger partial charge >= 0.3 is 0 Å². The van der Waals surface area contributed by atoms with Gasteiger partial charge in [-0.05, 0) is 32.4 Å². The number of carbonyl (C=O) groups is 2. The van der Waals surface area contributed by atoms with Gasteiger partial charge in [-0.3, -0.25) is 9.59 Å². The van der Waals surface area contributed by atoms with Gasteiger partial charge in [0.05, 0.1) is 0 Å². The number of nitrogens with zero attached hydrogens (tertiary/aromatic N) is 2. The Kier molecular flexibility index (Phi) is 7.25. The van der Waals surface area contributed by atoms with Crippen molar-refractivity contribution < 1.29 is 9.59 Å². The zero-order chi connectivity index (χ0) is 17.4. The number of nitrogens with one attached hydrogen (secondary N) is 1. The van der Waals surface area contributed by atoms with Gasteiger partial charge < -0.3 is 15.1 Å². The Balaban J connectivity index is 1.60. The third kappa shape index (κ3) is 6.32. The quantitative estimate of drug-likeness (QED) is 0.792. The summed E-state index contributed by atoms with van der Waals surface area (Å²) in [5, 5.41) is 2.96. The van der Waals surface area contributed by atoms with Gasteiger partial charge in [0.1, 0.15) is 0 Å². The van der Waals surface area contributed by atoms with Gasteiger partial charge in [-0.1, -0.05) is 29.8 Å². The number of benzene rings is 1. The van der Waals surface area contributed by atoms with E-state index in [2.05, 4.69) is 29.3 Å². The highest BCUT2D eigenvalue weighted by atomic mass is 16.2. The number of carbonyl (C=O) groups excluding carboxylic acids is 2. The van der Waals surface area contributed by atoms with E-state index in [1.807, 2.05) is 24.1 Å². The summed E-state index contributed by atoms with van der Waals surface area (Å²) in [4.78, 5) is 27.8. The van der Waals surface area contributed by atoms with E-state index in [0.717, 1.165) is 38.0 Å². The Morgan fingerprint density at radius 2 is 1.96 bits per heavy atom. The zero-order valence-corrected chi connectivity index (χ0v) is 14.9. The van der Waals surface area contributed by atoms with Crippen molar-refractivity contribution in [3.8, 4) is 0 Å². The lowest BCUT2D eigenvalue weighted by Gasteiger charge is -2.28. The molecule has 1 aromatic rings. The fourth-order valence-electron chi connectivity index (χ4n) is 2.79. The van der Waals surface area contributed by atoms with Crippen LogP contribution in [0, 0.1) is 6.92 Å². The van der Waals surface area contributed by atoms with Crippen LogP contribution in [0.4, 0.5) is 0 Å². The third-order valence-corrected chi connectivity index (χ3v) is 4.50.